The van der Waals surface area contributed by atoms with Crippen molar-refractivity contribution in [1.29, 1.82) is 0 Å². The Bertz CT molecular complexity index is 759. The first-order valence-corrected chi connectivity index (χ1v) is 17.8. The van der Waals surface area contributed by atoms with Gasteiger partial charge in [0.2, 0.25) is 0 Å². The van der Waals surface area contributed by atoms with E-state index in [-0.39, 0.29) is 26.1 Å². The molecule has 1 heterocycles. The first kappa shape index (κ1) is 41.5. The van der Waals surface area contributed by atoms with Crippen LogP contribution in [0.2, 0.25) is 0 Å². The Hall–Kier alpha value is -1.56. The van der Waals surface area contributed by atoms with Gasteiger partial charge in [-0.2, -0.15) is 0 Å². The van der Waals surface area contributed by atoms with Crippen LogP contribution in [0.25, 0.3) is 0 Å². The van der Waals surface area contributed by atoms with Crippen LogP contribution < -0.4 is 0 Å². The Kier molecular flexibility index (Phi) is 25.4. The summed E-state index contributed by atoms with van der Waals surface area (Å²) in [5.74, 6) is -0.832. The quantitative estimate of drug-likeness (QED) is 0.0477. The lowest BCUT2D eigenvalue weighted by molar-refractivity contribution is -0.305. The summed E-state index contributed by atoms with van der Waals surface area (Å²) in [6, 6.07) is 0. The number of carbonyl (C=O) groups is 2. The molecule has 6 atom stereocenters. The average Bonchev–Trinajstić information content (AvgIpc) is 3.03. The molecule has 1 aliphatic rings. The van der Waals surface area contributed by atoms with Crippen molar-refractivity contribution in [3.8, 4) is 0 Å². The Labute approximate surface area is 271 Å². The number of esters is 2. The van der Waals surface area contributed by atoms with Crippen LogP contribution >= 0.6 is 0 Å². The molecule has 0 spiro atoms. The molecule has 264 valence electrons. The lowest BCUT2D eigenvalue weighted by Crippen LogP contribution is -2.59. The molecular weight excluding hydrogens is 580 g/mol. The zero-order chi connectivity index (χ0) is 33.1. The number of hydrogen-bond donors (Lipinski definition) is 4. The van der Waals surface area contributed by atoms with Crippen molar-refractivity contribution in [1.82, 2.24) is 0 Å². The van der Waals surface area contributed by atoms with Gasteiger partial charge < -0.3 is 39.4 Å². The highest BCUT2D eigenvalue weighted by Crippen LogP contribution is 2.22. The number of rotatable bonds is 28. The first-order chi connectivity index (χ1) is 21.8. The van der Waals surface area contributed by atoms with E-state index in [1.54, 1.807) is 0 Å². The molecule has 1 saturated heterocycles. The molecule has 1 aliphatic heterocycles. The van der Waals surface area contributed by atoms with Gasteiger partial charge in [-0.15, -0.1) is 0 Å². The molecule has 1 rings (SSSR count). The fourth-order valence-electron chi connectivity index (χ4n) is 5.24. The van der Waals surface area contributed by atoms with Gasteiger partial charge in [0.25, 0.3) is 0 Å². The normalized spacial score (nSPS) is 22.5. The molecule has 45 heavy (non-hydrogen) atoms. The minimum Gasteiger partial charge on any atom is -0.462 e. The van der Waals surface area contributed by atoms with Gasteiger partial charge in [-0.3, -0.25) is 9.59 Å². The van der Waals surface area contributed by atoms with Crippen LogP contribution in [0.1, 0.15) is 142 Å². The second-order valence-electron chi connectivity index (χ2n) is 12.3. The van der Waals surface area contributed by atoms with Gasteiger partial charge in [-0.05, 0) is 38.5 Å². The molecular formula is C35H64O10. The van der Waals surface area contributed by atoms with Crippen LogP contribution in [0.15, 0.2) is 12.2 Å². The van der Waals surface area contributed by atoms with Crippen LogP contribution in [0.3, 0.4) is 0 Å². The van der Waals surface area contributed by atoms with Gasteiger partial charge in [0.1, 0.15) is 31.0 Å². The van der Waals surface area contributed by atoms with E-state index >= 15 is 0 Å². The van der Waals surface area contributed by atoms with Crippen molar-refractivity contribution >= 4 is 11.9 Å². The summed E-state index contributed by atoms with van der Waals surface area (Å²) in [4.78, 5) is 24.9. The van der Waals surface area contributed by atoms with Gasteiger partial charge in [0.05, 0.1) is 13.2 Å². The summed E-state index contributed by atoms with van der Waals surface area (Å²) in [5.41, 5.74) is 0. The minimum atomic E-state index is -1.59. The molecule has 0 saturated carbocycles. The predicted molar refractivity (Wildman–Crippen MR) is 173 cm³/mol. The molecule has 10 heteroatoms. The van der Waals surface area contributed by atoms with Gasteiger partial charge >= 0.3 is 11.9 Å². The summed E-state index contributed by atoms with van der Waals surface area (Å²) in [5, 5.41) is 39.7. The SMILES string of the molecule is CCCCCCCC/C=C/CCCCCC(=O)OC[C@H](CO[C@@H]1O[C@H](CO)[C@H](O)C(O)C1O)OC(=O)CCCCCCCCC. The highest BCUT2D eigenvalue weighted by molar-refractivity contribution is 5.70. The van der Waals surface area contributed by atoms with E-state index in [0.717, 1.165) is 44.9 Å². The van der Waals surface area contributed by atoms with E-state index in [1.165, 1.54) is 57.8 Å². The maximum Gasteiger partial charge on any atom is 0.306 e. The van der Waals surface area contributed by atoms with Crippen LogP contribution in [-0.2, 0) is 28.5 Å². The number of allylic oxidation sites excluding steroid dienone is 2. The predicted octanol–water partition coefficient (Wildman–Crippen LogP) is 5.66. The van der Waals surface area contributed by atoms with Crippen molar-refractivity contribution in [3.05, 3.63) is 12.2 Å². The zero-order valence-corrected chi connectivity index (χ0v) is 28.1. The molecule has 1 fully saturated rings. The largest absolute Gasteiger partial charge is 0.462 e. The van der Waals surface area contributed by atoms with Crippen molar-refractivity contribution in [3.63, 3.8) is 0 Å². The average molecular weight is 645 g/mol. The summed E-state index contributed by atoms with van der Waals surface area (Å²) in [6.45, 7) is 3.32. The summed E-state index contributed by atoms with van der Waals surface area (Å²) < 4.78 is 21.9. The van der Waals surface area contributed by atoms with Crippen molar-refractivity contribution in [2.45, 2.75) is 179 Å². The Morgan fingerprint density at radius 2 is 1.18 bits per heavy atom. The smallest absolute Gasteiger partial charge is 0.306 e. The monoisotopic (exact) mass is 644 g/mol. The lowest BCUT2D eigenvalue weighted by atomic mass is 9.99. The molecule has 4 N–H and O–H groups in total. The maximum atomic E-state index is 12.5. The van der Waals surface area contributed by atoms with Crippen LogP contribution in [0.4, 0.5) is 0 Å². The molecule has 0 aromatic carbocycles. The van der Waals surface area contributed by atoms with Crippen LogP contribution in [-0.4, -0.2) is 89.0 Å². The molecule has 0 amide bonds. The van der Waals surface area contributed by atoms with Gasteiger partial charge in [0, 0.05) is 12.8 Å². The number of hydrogen-bond acceptors (Lipinski definition) is 10. The fraction of sp³-hybridized carbons (Fsp3) is 0.886. The summed E-state index contributed by atoms with van der Waals surface area (Å²) in [7, 11) is 0. The van der Waals surface area contributed by atoms with Crippen molar-refractivity contribution in [2.24, 2.45) is 0 Å². The van der Waals surface area contributed by atoms with Gasteiger partial charge in [0.15, 0.2) is 12.4 Å². The van der Waals surface area contributed by atoms with Crippen molar-refractivity contribution < 1.29 is 49.0 Å². The number of unbranched alkanes of at least 4 members (excludes halogenated alkanes) is 15. The number of aliphatic hydroxyl groups is 4. The first-order valence-electron chi connectivity index (χ1n) is 17.8. The maximum absolute atomic E-state index is 12.5. The Morgan fingerprint density at radius 1 is 0.667 bits per heavy atom. The highest BCUT2D eigenvalue weighted by Gasteiger charge is 2.44. The fourth-order valence-corrected chi connectivity index (χ4v) is 5.24. The highest BCUT2D eigenvalue weighted by atomic mass is 16.7. The molecule has 0 aromatic rings. The second kappa shape index (κ2) is 27.5. The van der Waals surface area contributed by atoms with Crippen molar-refractivity contribution in [2.75, 3.05) is 19.8 Å². The number of ether oxygens (including phenoxy) is 4. The molecule has 2 unspecified atom stereocenters. The topological polar surface area (TPSA) is 152 Å². The third-order valence-corrected chi connectivity index (χ3v) is 8.15. The Balaban J connectivity index is 2.42. The standard InChI is InChI=1S/C35H64O10/c1-3-5-7-9-11-12-13-14-15-16-18-19-21-23-30(37)42-26-28(44-31(38)24-22-20-17-10-8-6-4-2)27-43-35-34(41)33(40)32(39)29(25-36)45-35/h14-15,28-29,32-36,39-41H,3-13,16-27H2,1-2H3/b15-14+/t28-,29-,32+,33?,34?,35-/m1/s1. The van der Waals surface area contributed by atoms with E-state index in [0.29, 0.717) is 12.8 Å². The summed E-state index contributed by atoms with van der Waals surface area (Å²) in [6.07, 6.45) is 16.8. The number of carbonyl (C=O) groups excluding carboxylic acids is 2. The van der Waals surface area contributed by atoms with Crippen LogP contribution in [0, 0.1) is 0 Å². The third-order valence-electron chi connectivity index (χ3n) is 8.15. The van der Waals surface area contributed by atoms with Gasteiger partial charge in [-0.1, -0.05) is 103 Å². The summed E-state index contributed by atoms with van der Waals surface area (Å²) >= 11 is 0. The lowest BCUT2D eigenvalue weighted by Gasteiger charge is -2.39. The number of aliphatic hydroxyl groups excluding tert-OH is 4. The minimum absolute atomic E-state index is 0.222. The van der Waals surface area contributed by atoms with E-state index in [1.807, 2.05) is 0 Å². The van der Waals surface area contributed by atoms with E-state index < -0.39 is 55.4 Å². The van der Waals surface area contributed by atoms with E-state index in [2.05, 4.69) is 26.0 Å². The molecule has 0 aromatic heterocycles. The van der Waals surface area contributed by atoms with Gasteiger partial charge in [-0.25, -0.2) is 0 Å². The second-order valence-corrected chi connectivity index (χ2v) is 12.3. The Morgan fingerprint density at radius 3 is 1.76 bits per heavy atom. The molecule has 10 nitrogen and oxygen atoms in total. The molecule has 0 radical (unpaired) electrons. The molecule has 0 bridgehead atoms. The van der Waals surface area contributed by atoms with E-state index in [4.69, 9.17) is 18.9 Å². The zero-order valence-electron chi connectivity index (χ0n) is 28.1. The van der Waals surface area contributed by atoms with Crippen LogP contribution in [0.5, 0.6) is 0 Å². The molecule has 0 aliphatic carbocycles. The van der Waals surface area contributed by atoms with E-state index in [9.17, 15) is 30.0 Å². The third kappa shape index (κ3) is 20.3.